The molecule has 52 valence electrons. The molecule has 0 aromatic heterocycles. The van der Waals surface area contributed by atoms with Gasteiger partial charge >= 0.3 is 0 Å². The zero-order valence-electron chi connectivity index (χ0n) is 6.73. The molecule has 2 radical (unpaired) electrons. The third-order valence-electron chi connectivity index (χ3n) is 1.50. The Balaban J connectivity index is 2.96. The fraction of sp³-hybridized carbons (Fsp3) is 0.400. The van der Waals surface area contributed by atoms with E-state index in [4.69, 9.17) is 0 Å². The Morgan fingerprint density at radius 2 is 2.00 bits per heavy atom. The standard InChI is InChI=1S/C10H12/c1-8(2)10-6-4-5-9(3)7-10/h5-6,8H,1-3H3. The molecular weight excluding hydrogens is 120 g/mol. The summed E-state index contributed by atoms with van der Waals surface area (Å²) >= 11 is 0. The normalized spacial score (nSPS) is 10.4. The maximum atomic E-state index is 3.28. The lowest BCUT2D eigenvalue weighted by atomic mass is 10.0. The highest BCUT2D eigenvalue weighted by Gasteiger charge is 1.97. The highest BCUT2D eigenvalue weighted by molar-refractivity contribution is 5.21. The van der Waals surface area contributed by atoms with Crippen LogP contribution in [0.1, 0.15) is 30.9 Å². The van der Waals surface area contributed by atoms with E-state index in [1.54, 1.807) is 0 Å². The van der Waals surface area contributed by atoms with Crippen LogP contribution in [0.5, 0.6) is 0 Å². The molecule has 0 heterocycles. The lowest BCUT2D eigenvalue weighted by Crippen LogP contribution is -1.87. The second kappa shape index (κ2) is 2.87. The topological polar surface area (TPSA) is 0 Å². The van der Waals surface area contributed by atoms with Gasteiger partial charge in [0, 0.05) is 0 Å². The van der Waals surface area contributed by atoms with E-state index in [-0.39, 0.29) is 0 Å². The summed E-state index contributed by atoms with van der Waals surface area (Å²) in [6.45, 7) is 6.38. The first-order valence-electron chi connectivity index (χ1n) is 3.60. The van der Waals surface area contributed by atoms with Crippen molar-refractivity contribution >= 4 is 0 Å². The van der Waals surface area contributed by atoms with Gasteiger partial charge in [0.25, 0.3) is 0 Å². The fourth-order valence-electron chi connectivity index (χ4n) is 0.867. The quantitative estimate of drug-likeness (QED) is 0.551. The van der Waals surface area contributed by atoms with E-state index in [1.807, 2.05) is 19.1 Å². The first-order chi connectivity index (χ1) is 4.70. The summed E-state index contributed by atoms with van der Waals surface area (Å²) in [6.07, 6.45) is 0. The van der Waals surface area contributed by atoms with E-state index in [2.05, 4.69) is 26.0 Å². The Bertz CT molecular complexity index is 211. The summed E-state index contributed by atoms with van der Waals surface area (Å²) in [7, 11) is 0. The van der Waals surface area contributed by atoms with Crippen LogP contribution in [0.25, 0.3) is 0 Å². The van der Waals surface area contributed by atoms with Crippen LogP contribution in [0.4, 0.5) is 0 Å². The maximum absolute atomic E-state index is 3.28. The molecular formula is C10H12. The van der Waals surface area contributed by atoms with E-state index in [0.717, 1.165) is 0 Å². The molecule has 0 fully saturated rings. The molecule has 0 saturated carbocycles. The summed E-state index contributed by atoms with van der Waals surface area (Å²) in [6, 6.07) is 10.3. The van der Waals surface area contributed by atoms with Crippen LogP contribution in [0.3, 0.4) is 0 Å². The van der Waals surface area contributed by atoms with E-state index >= 15 is 0 Å². The number of rotatable bonds is 1. The third kappa shape index (κ3) is 1.60. The third-order valence-corrected chi connectivity index (χ3v) is 1.50. The molecule has 0 amide bonds. The van der Waals surface area contributed by atoms with E-state index in [9.17, 15) is 0 Å². The van der Waals surface area contributed by atoms with Crippen LogP contribution in [-0.4, -0.2) is 0 Å². The molecule has 1 rings (SSSR count). The maximum Gasteiger partial charge on any atom is -0.0114 e. The van der Waals surface area contributed by atoms with Gasteiger partial charge in [-0.15, -0.1) is 0 Å². The van der Waals surface area contributed by atoms with Crippen LogP contribution in [-0.2, 0) is 0 Å². The minimum absolute atomic E-state index is 0.566. The van der Waals surface area contributed by atoms with Crippen LogP contribution >= 0.6 is 0 Å². The van der Waals surface area contributed by atoms with Gasteiger partial charge in [0.05, 0.1) is 0 Å². The van der Waals surface area contributed by atoms with Crippen molar-refractivity contribution in [2.45, 2.75) is 26.7 Å². The van der Waals surface area contributed by atoms with Crippen molar-refractivity contribution in [3.8, 4) is 0 Å². The fourth-order valence-corrected chi connectivity index (χ4v) is 0.867. The van der Waals surface area contributed by atoms with Gasteiger partial charge in [-0.05, 0) is 36.1 Å². The molecule has 10 heavy (non-hydrogen) atoms. The van der Waals surface area contributed by atoms with Gasteiger partial charge in [-0.25, -0.2) is 0 Å². The monoisotopic (exact) mass is 132 g/mol. The Morgan fingerprint density at radius 1 is 1.30 bits per heavy atom. The first kappa shape index (κ1) is 7.33. The summed E-state index contributed by atoms with van der Waals surface area (Å²) in [5.41, 5.74) is 2.42. The molecule has 1 aromatic carbocycles. The second-order valence-electron chi connectivity index (χ2n) is 2.87. The van der Waals surface area contributed by atoms with Gasteiger partial charge in [-0.2, -0.15) is 0 Å². The summed E-state index contributed by atoms with van der Waals surface area (Å²) in [5.74, 6) is 0.566. The lowest BCUT2D eigenvalue weighted by Gasteiger charge is -2.03. The molecule has 0 atom stereocenters. The van der Waals surface area contributed by atoms with Crippen molar-refractivity contribution in [1.29, 1.82) is 0 Å². The molecule has 0 unspecified atom stereocenters. The van der Waals surface area contributed by atoms with Crippen molar-refractivity contribution < 1.29 is 0 Å². The summed E-state index contributed by atoms with van der Waals surface area (Å²) in [4.78, 5) is 0. The van der Waals surface area contributed by atoms with Crippen LogP contribution < -0.4 is 0 Å². The Labute approximate surface area is 62.9 Å². The molecule has 0 saturated heterocycles. The summed E-state index contributed by atoms with van der Waals surface area (Å²) in [5, 5.41) is 0. The Hall–Kier alpha value is -0.780. The van der Waals surface area contributed by atoms with Crippen LogP contribution in [0.2, 0.25) is 0 Å². The number of aryl methyl sites for hydroxylation is 1. The molecule has 0 spiro atoms. The lowest BCUT2D eigenvalue weighted by molar-refractivity contribution is 0.862. The van der Waals surface area contributed by atoms with Gasteiger partial charge in [-0.1, -0.05) is 26.0 Å². The number of hydrogen-bond donors (Lipinski definition) is 0. The first-order valence-corrected chi connectivity index (χ1v) is 3.60. The average Bonchev–Trinajstić information content (AvgIpc) is 1.88. The molecule has 0 aliphatic rings. The molecule has 0 heteroatoms. The zero-order valence-corrected chi connectivity index (χ0v) is 6.73. The zero-order chi connectivity index (χ0) is 7.56. The van der Waals surface area contributed by atoms with Crippen molar-refractivity contribution in [3.63, 3.8) is 0 Å². The number of hydrogen-bond acceptors (Lipinski definition) is 0. The molecule has 0 N–H and O–H groups in total. The largest absolute Gasteiger partial charge is 0.0587 e. The van der Waals surface area contributed by atoms with E-state index < -0.39 is 0 Å². The highest BCUT2D eigenvalue weighted by atomic mass is 14.0. The highest BCUT2D eigenvalue weighted by Crippen LogP contribution is 2.13. The Morgan fingerprint density at radius 3 is 2.40 bits per heavy atom. The van der Waals surface area contributed by atoms with Crippen LogP contribution in [0.15, 0.2) is 12.1 Å². The molecule has 0 aliphatic heterocycles. The van der Waals surface area contributed by atoms with Crippen LogP contribution in [0, 0.1) is 19.1 Å². The number of benzene rings is 1. The molecule has 0 aliphatic carbocycles. The van der Waals surface area contributed by atoms with Gasteiger partial charge in [0.2, 0.25) is 0 Å². The minimum atomic E-state index is 0.566. The Kier molecular flexibility index (Phi) is 2.10. The van der Waals surface area contributed by atoms with Gasteiger partial charge in [0.1, 0.15) is 0 Å². The second-order valence-corrected chi connectivity index (χ2v) is 2.87. The van der Waals surface area contributed by atoms with E-state index in [1.165, 1.54) is 11.1 Å². The minimum Gasteiger partial charge on any atom is -0.0587 e. The smallest absolute Gasteiger partial charge is 0.0114 e. The average molecular weight is 132 g/mol. The molecule has 0 bridgehead atoms. The van der Waals surface area contributed by atoms with Crippen molar-refractivity contribution in [1.82, 2.24) is 0 Å². The van der Waals surface area contributed by atoms with Gasteiger partial charge in [-0.3, -0.25) is 0 Å². The molecule has 0 nitrogen and oxygen atoms in total. The SMILES string of the molecule is Cc1[c]c(C(C)C)c[c]c1. The van der Waals surface area contributed by atoms with Crippen molar-refractivity contribution in [2.24, 2.45) is 0 Å². The van der Waals surface area contributed by atoms with E-state index in [0.29, 0.717) is 5.92 Å². The predicted molar refractivity (Wildman–Crippen MR) is 42.9 cm³/mol. The van der Waals surface area contributed by atoms with Gasteiger partial charge < -0.3 is 0 Å². The summed E-state index contributed by atoms with van der Waals surface area (Å²) < 4.78 is 0. The van der Waals surface area contributed by atoms with Crippen molar-refractivity contribution in [3.05, 3.63) is 35.4 Å². The van der Waals surface area contributed by atoms with Crippen molar-refractivity contribution in [2.75, 3.05) is 0 Å². The molecule has 1 aromatic rings. The van der Waals surface area contributed by atoms with Gasteiger partial charge in [0.15, 0.2) is 0 Å². The predicted octanol–water partition coefficient (Wildman–Crippen LogP) is 2.72.